The van der Waals surface area contributed by atoms with E-state index in [0.29, 0.717) is 63.9 Å². The van der Waals surface area contributed by atoms with Crippen molar-refractivity contribution in [1.82, 2.24) is 14.8 Å². The molecule has 9 nitrogen and oxygen atoms in total. The first-order valence-corrected chi connectivity index (χ1v) is 13.3. The third kappa shape index (κ3) is 6.39. The van der Waals surface area contributed by atoms with Gasteiger partial charge in [-0.25, -0.2) is 9.78 Å². The predicted molar refractivity (Wildman–Crippen MR) is 143 cm³/mol. The number of anilines is 3. The molecule has 0 bridgehead atoms. The minimum atomic E-state index is -4.23. The molecule has 3 fully saturated rings. The maximum absolute atomic E-state index is 12.9. The van der Waals surface area contributed by atoms with Crippen molar-refractivity contribution in [2.75, 3.05) is 74.6 Å². The molecule has 2 atom stereocenters. The lowest BCUT2D eigenvalue weighted by Gasteiger charge is -2.30. The number of urea groups is 1. The van der Waals surface area contributed by atoms with Gasteiger partial charge in [-0.2, -0.15) is 13.2 Å². The van der Waals surface area contributed by atoms with Crippen LogP contribution < -0.4 is 15.1 Å². The maximum atomic E-state index is 12.9. The summed E-state index contributed by atoms with van der Waals surface area (Å²) in [4.78, 5) is 25.1. The second-order valence-corrected chi connectivity index (χ2v) is 10.6. The number of carbonyl (C=O) groups excluding carboxylic acids is 1. The van der Waals surface area contributed by atoms with Gasteiger partial charge in [-0.15, -0.1) is 0 Å². The first-order chi connectivity index (χ1) is 18.6. The van der Waals surface area contributed by atoms with E-state index >= 15 is 0 Å². The quantitative estimate of drug-likeness (QED) is 0.589. The summed E-state index contributed by atoms with van der Waals surface area (Å²) >= 11 is 0. The Kier molecular flexibility index (Phi) is 7.88. The number of hydrogen-bond acceptors (Lipinski definition) is 7. The molecule has 12 heteroatoms. The normalized spacial score (nSPS) is 22.6. The Morgan fingerprint density at radius 3 is 2.54 bits per heavy atom. The topological polar surface area (TPSA) is 84.4 Å². The lowest BCUT2D eigenvalue weighted by atomic mass is 10.00. The number of aromatic nitrogens is 1. The molecule has 2 aromatic rings. The van der Waals surface area contributed by atoms with E-state index in [0.717, 1.165) is 22.5 Å². The molecule has 2 N–H and O–H groups in total. The highest BCUT2D eigenvalue weighted by Gasteiger charge is 2.36. The van der Waals surface area contributed by atoms with Gasteiger partial charge in [-0.1, -0.05) is 6.07 Å². The molecule has 0 aliphatic carbocycles. The Morgan fingerprint density at radius 2 is 1.85 bits per heavy atom. The standard InChI is InChI=1S/C27H35F3N6O3/c1-18-3-4-21(31-25(37)35-6-5-19(17-35)16-27(28,29)30)15-22(18)20-13-23(34-9-11-39-12-10-34)32-24(14-20)36-8-7-33(2)26(36)38/h3-4,13-15,19,26,38H,5-12,16-17H2,1-2H3,(H,31,37)/t19-,26?/m0/s1. The van der Waals surface area contributed by atoms with Crippen molar-refractivity contribution < 1.29 is 27.8 Å². The number of benzene rings is 1. The highest BCUT2D eigenvalue weighted by molar-refractivity contribution is 5.91. The van der Waals surface area contributed by atoms with Crippen LogP contribution >= 0.6 is 0 Å². The van der Waals surface area contributed by atoms with E-state index in [1.165, 1.54) is 4.90 Å². The highest BCUT2D eigenvalue weighted by Crippen LogP contribution is 2.34. The number of carbonyl (C=O) groups is 1. The molecule has 0 saturated carbocycles. The first kappa shape index (κ1) is 27.5. The summed E-state index contributed by atoms with van der Waals surface area (Å²) in [6, 6.07) is 9.14. The third-order valence-corrected chi connectivity index (χ3v) is 7.69. The number of likely N-dealkylation sites (N-methyl/N-ethyl adjacent to an activating group) is 1. The summed E-state index contributed by atoms with van der Waals surface area (Å²) in [5.74, 6) is 0.875. The lowest BCUT2D eigenvalue weighted by molar-refractivity contribution is -0.143. The largest absolute Gasteiger partial charge is 0.389 e. The number of aliphatic hydroxyl groups excluding tert-OH is 1. The Bertz CT molecular complexity index is 1190. The molecule has 3 saturated heterocycles. The number of hydrogen-bond donors (Lipinski definition) is 2. The third-order valence-electron chi connectivity index (χ3n) is 7.69. The van der Waals surface area contributed by atoms with E-state index in [1.54, 1.807) is 6.07 Å². The molecular weight excluding hydrogens is 513 g/mol. The number of aliphatic hydroxyl groups is 1. The van der Waals surface area contributed by atoms with Crippen molar-refractivity contribution in [3.63, 3.8) is 0 Å². The minimum absolute atomic E-state index is 0.0906. The number of ether oxygens (including phenoxy) is 1. The first-order valence-electron chi connectivity index (χ1n) is 13.3. The van der Waals surface area contributed by atoms with Crippen LogP contribution in [0.15, 0.2) is 30.3 Å². The predicted octanol–water partition coefficient (Wildman–Crippen LogP) is 3.73. The highest BCUT2D eigenvalue weighted by atomic mass is 19.4. The van der Waals surface area contributed by atoms with E-state index < -0.39 is 30.9 Å². The molecule has 1 unspecified atom stereocenters. The van der Waals surface area contributed by atoms with Crippen molar-refractivity contribution in [3.05, 3.63) is 35.9 Å². The fraction of sp³-hybridized carbons (Fsp3) is 0.556. The maximum Gasteiger partial charge on any atom is 0.389 e. The molecule has 39 heavy (non-hydrogen) atoms. The molecular formula is C27H35F3N6O3. The molecule has 3 aliphatic heterocycles. The van der Waals surface area contributed by atoms with Crippen LogP contribution in [0.2, 0.25) is 0 Å². The van der Waals surface area contributed by atoms with Crippen LogP contribution in [0, 0.1) is 12.8 Å². The van der Waals surface area contributed by atoms with Gasteiger partial charge >= 0.3 is 12.2 Å². The number of alkyl halides is 3. The van der Waals surface area contributed by atoms with Crippen molar-refractivity contribution in [2.24, 2.45) is 5.92 Å². The van der Waals surface area contributed by atoms with Gasteiger partial charge < -0.3 is 29.9 Å². The average molecular weight is 549 g/mol. The number of nitrogens with one attached hydrogen (secondary N) is 1. The van der Waals surface area contributed by atoms with Gasteiger partial charge in [0.1, 0.15) is 11.6 Å². The van der Waals surface area contributed by atoms with Gasteiger partial charge in [0.05, 0.1) is 13.2 Å². The fourth-order valence-corrected chi connectivity index (χ4v) is 5.45. The van der Waals surface area contributed by atoms with Crippen LogP contribution in [0.1, 0.15) is 18.4 Å². The summed E-state index contributed by atoms with van der Waals surface area (Å²) in [5, 5.41) is 13.6. The van der Waals surface area contributed by atoms with Gasteiger partial charge in [0.15, 0.2) is 6.35 Å². The zero-order valence-electron chi connectivity index (χ0n) is 22.2. The second-order valence-electron chi connectivity index (χ2n) is 10.6. The average Bonchev–Trinajstić information content (AvgIpc) is 3.50. The van der Waals surface area contributed by atoms with Gasteiger partial charge in [-0.3, -0.25) is 4.90 Å². The monoisotopic (exact) mass is 548 g/mol. The van der Waals surface area contributed by atoms with E-state index in [-0.39, 0.29) is 6.54 Å². The van der Waals surface area contributed by atoms with Gasteiger partial charge in [0, 0.05) is 51.4 Å². The molecule has 1 aromatic carbocycles. The smallest absolute Gasteiger partial charge is 0.378 e. The Balaban J connectivity index is 1.40. The molecule has 5 rings (SSSR count). The zero-order valence-corrected chi connectivity index (χ0v) is 22.2. The fourth-order valence-electron chi connectivity index (χ4n) is 5.45. The van der Waals surface area contributed by atoms with E-state index in [9.17, 15) is 23.1 Å². The summed E-state index contributed by atoms with van der Waals surface area (Å²) in [5.41, 5.74) is 3.34. The Hall–Kier alpha value is -3.09. The number of aryl methyl sites for hydroxylation is 1. The van der Waals surface area contributed by atoms with E-state index in [1.807, 2.05) is 48.0 Å². The number of likely N-dealkylation sites (tertiary alicyclic amines) is 1. The number of amides is 2. The number of rotatable bonds is 5. The molecule has 4 heterocycles. The number of nitrogens with zero attached hydrogens (tertiary/aromatic N) is 5. The summed E-state index contributed by atoms with van der Waals surface area (Å²) < 4.78 is 43.9. The van der Waals surface area contributed by atoms with Gasteiger partial charge in [0.2, 0.25) is 0 Å². The van der Waals surface area contributed by atoms with Crippen molar-refractivity contribution in [3.8, 4) is 11.1 Å². The summed E-state index contributed by atoms with van der Waals surface area (Å²) in [7, 11) is 1.86. The van der Waals surface area contributed by atoms with Crippen LogP contribution in [0.5, 0.6) is 0 Å². The van der Waals surface area contributed by atoms with Gasteiger partial charge in [-0.05, 0) is 67.3 Å². The molecule has 0 spiro atoms. The molecule has 212 valence electrons. The Labute approximate surface area is 226 Å². The van der Waals surface area contributed by atoms with Crippen LogP contribution in [0.4, 0.5) is 35.3 Å². The number of pyridine rings is 1. The summed E-state index contributed by atoms with van der Waals surface area (Å²) in [6.07, 6.45) is -5.54. The van der Waals surface area contributed by atoms with Crippen LogP contribution in [-0.4, -0.2) is 98.0 Å². The van der Waals surface area contributed by atoms with Crippen LogP contribution in [0.3, 0.4) is 0 Å². The van der Waals surface area contributed by atoms with E-state index in [4.69, 9.17) is 9.72 Å². The van der Waals surface area contributed by atoms with Crippen molar-refractivity contribution >= 4 is 23.4 Å². The van der Waals surface area contributed by atoms with Crippen molar-refractivity contribution in [1.29, 1.82) is 0 Å². The van der Waals surface area contributed by atoms with Gasteiger partial charge in [0.25, 0.3) is 0 Å². The van der Waals surface area contributed by atoms with Crippen LogP contribution in [-0.2, 0) is 4.74 Å². The molecule has 2 amide bonds. The zero-order chi connectivity index (χ0) is 27.7. The molecule has 0 radical (unpaired) electrons. The van der Waals surface area contributed by atoms with Crippen molar-refractivity contribution in [2.45, 2.75) is 32.3 Å². The van der Waals surface area contributed by atoms with Crippen LogP contribution in [0.25, 0.3) is 11.1 Å². The number of halogens is 3. The molecule has 1 aromatic heterocycles. The Morgan fingerprint density at radius 1 is 1.10 bits per heavy atom. The van der Waals surface area contributed by atoms with E-state index in [2.05, 4.69) is 10.2 Å². The summed E-state index contributed by atoms with van der Waals surface area (Å²) in [6.45, 7) is 6.35. The lowest BCUT2D eigenvalue weighted by Crippen LogP contribution is -2.39. The SMILES string of the molecule is Cc1ccc(NC(=O)N2CC[C@@H](CC(F)(F)F)C2)cc1-c1cc(N2CCOCC2)nc(N2CCN(C)C2O)c1. The minimum Gasteiger partial charge on any atom is -0.378 e. The molecule has 3 aliphatic rings. The number of morpholine rings is 1. The second kappa shape index (κ2) is 11.2.